The van der Waals surface area contributed by atoms with E-state index in [4.69, 9.17) is 0 Å². The number of thiazole rings is 1. The van der Waals surface area contributed by atoms with Crippen LogP contribution in [0.5, 0.6) is 0 Å². The molecule has 0 aliphatic rings. The number of anilines is 1. The maximum absolute atomic E-state index is 12.8. The Kier molecular flexibility index (Phi) is 3.19. The van der Waals surface area contributed by atoms with Crippen molar-refractivity contribution in [2.45, 2.75) is 13.8 Å². The minimum Gasteiger partial charge on any atom is -0.362 e. The lowest BCUT2D eigenvalue weighted by molar-refractivity contribution is 0.628. The van der Waals surface area contributed by atoms with E-state index in [1.807, 2.05) is 13.8 Å². The summed E-state index contributed by atoms with van der Waals surface area (Å²) in [4.78, 5) is 5.63. The molecule has 1 aromatic heterocycles. The number of aryl methyl sites for hydroxylation is 1. The lowest BCUT2D eigenvalue weighted by Crippen LogP contribution is -1.94. The Morgan fingerprint density at radius 3 is 2.62 bits per heavy atom. The van der Waals surface area contributed by atoms with Crippen LogP contribution in [0.1, 0.15) is 11.8 Å². The van der Waals surface area contributed by atoms with E-state index in [1.165, 1.54) is 12.1 Å². The molecule has 1 heterocycles. The van der Waals surface area contributed by atoms with Gasteiger partial charge in [0.25, 0.3) is 0 Å². The summed E-state index contributed by atoms with van der Waals surface area (Å²) in [6, 6.07) is 6.43. The lowest BCUT2D eigenvalue weighted by atomic mass is 10.1. The van der Waals surface area contributed by atoms with Crippen LogP contribution in [0.4, 0.5) is 9.52 Å². The molecule has 0 radical (unpaired) electrons. The highest BCUT2D eigenvalue weighted by Gasteiger charge is 2.08. The zero-order valence-corrected chi connectivity index (χ0v) is 10.1. The molecule has 0 unspecified atom stereocenters. The molecule has 4 heteroatoms. The van der Waals surface area contributed by atoms with Gasteiger partial charge < -0.3 is 5.32 Å². The normalized spacial score (nSPS) is 10.4. The fourth-order valence-electron chi connectivity index (χ4n) is 1.50. The van der Waals surface area contributed by atoms with Gasteiger partial charge in [0, 0.05) is 17.0 Å². The molecule has 2 rings (SSSR count). The zero-order chi connectivity index (χ0) is 11.5. The summed E-state index contributed by atoms with van der Waals surface area (Å²) in [6.07, 6.45) is 0. The fourth-order valence-corrected chi connectivity index (χ4v) is 2.40. The second kappa shape index (κ2) is 4.61. The first-order chi connectivity index (χ1) is 7.70. The van der Waals surface area contributed by atoms with Crippen LogP contribution < -0.4 is 5.32 Å². The average molecular weight is 236 g/mol. The van der Waals surface area contributed by atoms with Gasteiger partial charge in [-0.3, -0.25) is 0 Å². The SMILES string of the molecule is CCNc1nc(-c2ccc(F)cc2)c(C)s1. The van der Waals surface area contributed by atoms with Crippen molar-refractivity contribution in [1.29, 1.82) is 0 Å². The molecule has 0 aliphatic heterocycles. The van der Waals surface area contributed by atoms with E-state index in [0.717, 1.165) is 27.8 Å². The predicted octanol–water partition coefficient (Wildman–Crippen LogP) is 3.69. The van der Waals surface area contributed by atoms with E-state index < -0.39 is 0 Å². The molecule has 0 amide bonds. The summed E-state index contributed by atoms with van der Waals surface area (Å²) in [5.74, 6) is -0.219. The topological polar surface area (TPSA) is 24.9 Å². The maximum Gasteiger partial charge on any atom is 0.183 e. The smallest absolute Gasteiger partial charge is 0.183 e. The Morgan fingerprint density at radius 1 is 1.31 bits per heavy atom. The minimum atomic E-state index is -0.219. The monoisotopic (exact) mass is 236 g/mol. The van der Waals surface area contributed by atoms with Gasteiger partial charge in [-0.05, 0) is 38.1 Å². The number of hydrogen-bond donors (Lipinski definition) is 1. The van der Waals surface area contributed by atoms with Gasteiger partial charge in [0.2, 0.25) is 0 Å². The van der Waals surface area contributed by atoms with Crippen LogP contribution in [0.2, 0.25) is 0 Å². The van der Waals surface area contributed by atoms with Crippen LogP contribution in [0.25, 0.3) is 11.3 Å². The molecular weight excluding hydrogens is 223 g/mol. The van der Waals surface area contributed by atoms with Gasteiger partial charge in [-0.15, -0.1) is 11.3 Å². The van der Waals surface area contributed by atoms with E-state index in [0.29, 0.717) is 0 Å². The fraction of sp³-hybridized carbons (Fsp3) is 0.250. The Bertz CT molecular complexity index is 476. The standard InChI is InChI=1S/C12H13FN2S/c1-3-14-12-15-11(8(2)16-12)9-4-6-10(13)7-5-9/h4-7H,3H2,1-2H3,(H,14,15). The molecule has 0 saturated carbocycles. The molecule has 0 saturated heterocycles. The van der Waals surface area contributed by atoms with Crippen LogP contribution in [0.15, 0.2) is 24.3 Å². The maximum atomic E-state index is 12.8. The number of hydrogen-bond acceptors (Lipinski definition) is 3. The summed E-state index contributed by atoms with van der Waals surface area (Å²) in [6.45, 7) is 4.92. The van der Waals surface area contributed by atoms with Crippen molar-refractivity contribution in [2.24, 2.45) is 0 Å². The van der Waals surface area contributed by atoms with Crippen molar-refractivity contribution in [3.63, 3.8) is 0 Å². The first-order valence-corrected chi connectivity index (χ1v) is 5.99. The number of rotatable bonds is 3. The first kappa shape index (κ1) is 11.1. The molecule has 0 aliphatic carbocycles. The third-order valence-corrected chi connectivity index (χ3v) is 3.17. The van der Waals surface area contributed by atoms with Crippen molar-refractivity contribution >= 4 is 16.5 Å². The van der Waals surface area contributed by atoms with Gasteiger partial charge in [-0.25, -0.2) is 9.37 Å². The van der Waals surface area contributed by atoms with Crippen LogP contribution in [0.3, 0.4) is 0 Å². The van der Waals surface area contributed by atoms with Crippen molar-refractivity contribution in [3.8, 4) is 11.3 Å². The van der Waals surface area contributed by atoms with E-state index in [2.05, 4.69) is 10.3 Å². The number of halogens is 1. The Balaban J connectivity index is 2.36. The Hall–Kier alpha value is -1.42. The number of nitrogens with zero attached hydrogens (tertiary/aromatic N) is 1. The second-order valence-electron chi connectivity index (χ2n) is 3.46. The van der Waals surface area contributed by atoms with Crippen molar-refractivity contribution < 1.29 is 4.39 Å². The van der Waals surface area contributed by atoms with Crippen molar-refractivity contribution in [3.05, 3.63) is 35.0 Å². The van der Waals surface area contributed by atoms with Crippen molar-refractivity contribution in [2.75, 3.05) is 11.9 Å². The summed E-state index contributed by atoms with van der Waals surface area (Å²) < 4.78 is 12.8. The van der Waals surface area contributed by atoms with E-state index in [-0.39, 0.29) is 5.82 Å². The largest absolute Gasteiger partial charge is 0.362 e. The van der Waals surface area contributed by atoms with Gasteiger partial charge in [0.1, 0.15) is 5.82 Å². The van der Waals surface area contributed by atoms with Crippen LogP contribution in [0, 0.1) is 12.7 Å². The lowest BCUT2D eigenvalue weighted by Gasteiger charge is -1.98. The molecule has 2 nitrogen and oxygen atoms in total. The molecule has 0 bridgehead atoms. The quantitative estimate of drug-likeness (QED) is 0.879. The summed E-state index contributed by atoms with van der Waals surface area (Å²) in [5.41, 5.74) is 1.89. The summed E-state index contributed by atoms with van der Waals surface area (Å²) in [7, 11) is 0. The third kappa shape index (κ3) is 2.22. The van der Waals surface area contributed by atoms with Crippen LogP contribution >= 0.6 is 11.3 Å². The average Bonchev–Trinajstić information content (AvgIpc) is 2.61. The Labute approximate surface area is 98.2 Å². The Morgan fingerprint density at radius 2 is 2.00 bits per heavy atom. The minimum absolute atomic E-state index is 0.219. The van der Waals surface area contributed by atoms with Gasteiger partial charge in [0.15, 0.2) is 5.13 Å². The highest BCUT2D eigenvalue weighted by atomic mass is 32.1. The first-order valence-electron chi connectivity index (χ1n) is 5.18. The van der Waals surface area contributed by atoms with Gasteiger partial charge in [-0.1, -0.05) is 0 Å². The molecule has 0 atom stereocenters. The van der Waals surface area contributed by atoms with E-state index in [9.17, 15) is 4.39 Å². The highest BCUT2D eigenvalue weighted by Crippen LogP contribution is 2.30. The van der Waals surface area contributed by atoms with Crippen LogP contribution in [-0.4, -0.2) is 11.5 Å². The number of benzene rings is 1. The molecule has 16 heavy (non-hydrogen) atoms. The third-order valence-electron chi connectivity index (χ3n) is 2.24. The van der Waals surface area contributed by atoms with Crippen LogP contribution in [-0.2, 0) is 0 Å². The molecule has 2 aromatic rings. The molecular formula is C12H13FN2S. The predicted molar refractivity (Wildman–Crippen MR) is 66.4 cm³/mol. The zero-order valence-electron chi connectivity index (χ0n) is 9.25. The molecule has 84 valence electrons. The molecule has 1 N–H and O–H groups in total. The number of aromatic nitrogens is 1. The van der Waals surface area contributed by atoms with Gasteiger partial charge in [-0.2, -0.15) is 0 Å². The summed E-state index contributed by atoms with van der Waals surface area (Å²) >= 11 is 1.62. The summed E-state index contributed by atoms with van der Waals surface area (Å²) in [5, 5.41) is 4.10. The van der Waals surface area contributed by atoms with E-state index in [1.54, 1.807) is 23.5 Å². The second-order valence-corrected chi connectivity index (χ2v) is 4.66. The molecule has 1 aromatic carbocycles. The molecule has 0 fully saturated rings. The highest BCUT2D eigenvalue weighted by molar-refractivity contribution is 7.16. The van der Waals surface area contributed by atoms with Gasteiger partial charge in [0.05, 0.1) is 5.69 Å². The molecule has 0 spiro atoms. The van der Waals surface area contributed by atoms with Crippen molar-refractivity contribution in [1.82, 2.24) is 4.98 Å². The van der Waals surface area contributed by atoms with Gasteiger partial charge >= 0.3 is 0 Å². The number of nitrogens with one attached hydrogen (secondary N) is 1. The van der Waals surface area contributed by atoms with E-state index >= 15 is 0 Å².